The summed E-state index contributed by atoms with van der Waals surface area (Å²) in [6.07, 6.45) is 2.92. The lowest BCUT2D eigenvalue weighted by Crippen LogP contribution is -1.99. The van der Waals surface area contributed by atoms with Gasteiger partial charge in [0.05, 0.1) is 10.7 Å². The predicted octanol–water partition coefficient (Wildman–Crippen LogP) is 5.53. The summed E-state index contributed by atoms with van der Waals surface area (Å²) in [6, 6.07) is 8.94. The number of nitrogens with two attached hydrogens (primary N) is 1. The number of aryl methyl sites for hydroxylation is 3. The zero-order valence-electron chi connectivity index (χ0n) is 14.0. The van der Waals surface area contributed by atoms with Crippen molar-refractivity contribution in [2.24, 2.45) is 5.73 Å². The second-order valence-corrected chi connectivity index (χ2v) is 6.76. The predicted molar refractivity (Wildman–Crippen MR) is 100 cm³/mol. The maximum absolute atomic E-state index is 13.4. The molecule has 0 aliphatic rings. The number of benzene rings is 2. The van der Waals surface area contributed by atoms with Crippen LogP contribution in [0.1, 0.15) is 29.5 Å². The molecule has 0 saturated carbocycles. The van der Waals surface area contributed by atoms with Gasteiger partial charge in [-0.2, -0.15) is 0 Å². The van der Waals surface area contributed by atoms with Crippen LogP contribution in [0.4, 0.5) is 4.39 Å². The molecule has 2 aromatic carbocycles. The average molecular weight is 345 g/mol. The fourth-order valence-corrected chi connectivity index (χ4v) is 3.60. The molecule has 0 unspecified atom stereocenters. The normalized spacial score (nSPS) is 11.4. The molecule has 0 spiro atoms. The first kappa shape index (κ1) is 17.0. The van der Waals surface area contributed by atoms with Crippen LogP contribution in [0.25, 0.3) is 22.2 Å². The minimum absolute atomic E-state index is 0.323. The lowest BCUT2D eigenvalue weighted by atomic mass is 9.98. The molecule has 0 radical (unpaired) electrons. The average Bonchev–Trinajstić information content (AvgIpc) is 2.86. The Kier molecular flexibility index (Phi) is 4.93. The standard InChI is InChI=1S/C20H22ClFN2/c1-12-9-13(2)19-17(10-12)15(5-3-4-8-23)20(24-19)16-7-6-14(22)11-18(16)21/h6-7,9-11,24H,3-5,8,23H2,1-2H3. The Bertz CT molecular complexity index is 883. The molecule has 0 saturated heterocycles. The number of unbranched alkanes of at least 4 members (excludes halogenated alkanes) is 1. The van der Waals surface area contributed by atoms with Crippen molar-refractivity contribution in [3.63, 3.8) is 0 Å². The zero-order chi connectivity index (χ0) is 17.3. The Morgan fingerprint density at radius 1 is 1.12 bits per heavy atom. The summed E-state index contributed by atoms with van der Waals surface area (Å²) in [6.45, 7) is 4.90. The molecule has 3 N–H and O–H groups in total. The number of halogens is 2. The minimum atomic E-state index is -0.323. The summed E-state index contributed by atoms with van der Waals surface area (Å²) in [5.41, 5.74) is 12.3. The van der Waals surface area contributed by atoms with E-state index in [0.717, 1.165) is 36.0 Å². The van der Waals surface area contributed by atoms with E-state index in [4.69, 9.17) is 17.3 Å². The van der Waals surface area contributed by atoms with E-state index >= 15 is 0 Å². The van der Waals surface area contributed by atoms with Crippen molar-refractivity contribution < 1.29 is 4.39 Å². The van der Waals surface area contributed by atoms with Crippen LogP contribution in [-0.2, 0) is 6.42 Å². The van der Waals surface area contributed by atoms with E-state index in [0.29, 0.717) is 11.6 Å². The fourth-order valence-electron chi connectivity index (χ4n) is 3.33. The minimum Gasteiger partial charge on any atom is -0.354 e. The molecular formula is C20H22ClFN2. The van der Waals surface area contributed by atoms with Crippen LogP contribution in [0.15, 0.2) is 30.3 Å². The number of aromatic nitrogens is 1. The molecule has 24 heavy (non-hydrogen) atoms. The molecule has 0 fully saturated rings. The molecule has 0 aliphatic heterocycles. The fraction of sp³-hybridized carbons (Fsp3) is 0.300. The van der Waals surface area contributed by atoms with Crippen molar-refractivity contribution in [3.05, 3.63) is 57.9 Å². The van der Waals surface area contributed by atoms with Crippen molar-refractivity contribution in [3.8, 4) is 11.3 Å². The summed E-state index contributed by atoms with van der Waals surface area (Å²) >= 11 is 6.32. The summed E-state index contributed by atoms with van der Waals surface area (Å²) in [5, 5.41) is 1.65. The molecule has 0 bridgehead atoms. The summed E-state index contributed by atoms with van der Waals surface area (Å²) in [5.74, 6) is -0.323. The summed E-state index contributed by atoms with van der Waals surface area (Å²) in [7, 11) is 0. The van der Waals surface area contributed by atoms with Crippen molar-refractivity contribution in [1.82, 2.24) is 4.98 Å². The van der Waals surface area contributed by atoms with Gasteiger partial charge >= 0.3 is 0 Å². The third kappa shape index (κ3) is 3.19. The van der Waals surface area contributed by atoms with Crippen molar-refractivity contribution in [2.45, 2.75) is 33.1 Å². The quantitative estimate of drug-likeness (QED) is 0.587. The van der Waals surface area contributed by atoms with E-state index in [-0.39, 0.29) is 5.82 Å². The molecule has 1 aromatic heterocycles. The molecule has 3 rings (SSSR count). The summed E-state index contributed by atoms with van der Waals surface area (Å²) in [4.78, 5) is 3.53. The van der Waals surface area contributed by atoms with Gasteiger partial charge in [-0.05, 0) is 75.0 Å². The monoisotopic (exact) mass is 344 g/mol. The van der Waals surface area contributed by atoms with Crippen molar-refractivity contribution in [2.75, 3.05) is 6.54 Å². The Balaban J connectivity index is 2.21. The largest absolute Gasteiger partial charge is 0.354 e. The lowest BCUT2D eigenvalue weighted by molar-refractivity contribution is 0.628. The van der Waals surface area contributed by atoms with Crippen molar-refractivity contribution in [1.29, 1.82) is 0 Å². The van der Waals surface area contributed by atoms with E-state index in [9.17, 15) is 4.39 Å². The highest BCUT2D eigenvalue weighted by molar-refractivity contribution is 6.33. The molecule has 2 nitrogen and oxygen atoms in total. The summed E-state index contributed by atoms with van der Waals surface area (Å²) < 4.78 is 13.4. The van der Waals surface area contributed by atoms with Gasteiger partial charge in [0, 0.05) is 16.5 Å². The first-order valence-corrected chi connectivity index (χ1v) is 8.66. The van der Waals surface area contributed by atoms with E-state index in [1.165, 1.54) is 34.2 Å². The number of nitrogens with one attached hydrogen (secondary N) is 1. The smallest absolute Gasteiger partial charge is 0.124 e. The maximum Gasteiger partial charge on any atom is 0.124 e. The highest BCUT2D eigenvalue weighted by Crippen LogP contribution is 2.37. The number of H-pyrrole nitrogens is 1. The molecule has 0 atom stereocenters. The third-order valence-electron chi connectivity index (χ3n) is 4.44. The van der Waals surface area contributed by atoms with E-state index < -0.39 is 0 Å². The molecule has 3 aromatic rings. The molecule has 1 heterocycles. The molecular weight excluding hydrogens is 323 g/mol. The number of rotatable bonds is 5. The number of hydrogen-bond donors (Lipinski definition) is 2. The van der Waals surface area contributed by atoms with Crippen LogP contribution >= 0.6 is 11.6 Å². The molecule has 126 valence electrons. The van der Waals surface area contributed by atoms with Gasteiger partial charge in [-0.1, -0.05) is 23.2 Å². The Morgan fingerprint density at radius 2 is 1.92 bits per heavy atom. The Morgan fingerprint density at radius 3 is 2.62 bits per heavy atom. The van der Waals surface area contributed by atoms with Crippen LogP contribution in [0, 0.1) is 19.7 Å². The first-order chi connectivity index (χ1) is 11.5. The van der Waals surface area contributed by atoms with Gasteiger partial charge in [0.25, 0.3) is 0 Å². The highest BCUT2D eigenvalue weighted by atomic mass is 35.5. The lowest BCUT2D eigenvalue weighted by Gasteiger charge is -2.07. The van der Waals surface area contributed by atoms with Crippen LogP contribution < -0.4 is 5.73 Å². The van der Waals surface area contributed by atoms with Crippen LogP contribution in [0.3, 0.4) is 0 Å². The topological polar surface area (TPSA) is 41.8 Å². The van der Waals surface area contributed by atoms with E-state index in [1.807, 2.05) is 0 Å². The van der Waals surface area contributed by atoms with Crippen LogP contribution in [0.2, 0.25) is 5.02 Å². The van der Waals surface area contributed by atoms with Crippen LogP contribution in [0.5, 0.6) is 0 Å². The molecule has 4 heteroatoms. The first-order valence-electron chi connectivity index (χ1n) is 8.28. The number of fused-ring (bicyclic) bond motifs is 1. The Labute approximate surface area is 146 Å². The van der Waals surface area contributed by atoms with Gasteiger partial charge in [-0.15, -0.1) is 0 Å². The second-order valence-electron chi connectivity index (χ2n) is 6.35. The highest BCUT2D eigenvalue weighted by Gasteiger charge is 2.17. The SMILES string of the molecule is Cc1cc(C)c2[nH]c(-c3ccc(F)cc3Cl)c(CCCCN)c2c1. The van der Waals surface area contributed by atoms with Gasteiger partial charge < -0.3 is 10.7 Å². The zero-order valence-corrected chi connectivity index (χ0v) is 14.8. The van der Waals surface area contributed by atoms with Gasteiger partial charge in [-0.25, -0.2) is 4.39 Å². The third-order valence-corrected chi connectivity index (χ3v) is 4.75. The van der Waals surface area contributed by atoms with Crippen LogP contribution in [-0.4, -0.2) is 11.5 Å². The number of aromatic amines is 1. The maximum atomic E-state index is 13.4. The second kappa shape index (κ2) is 6.96. The van der Waals surface area contributed by atoms with E-state index in [1.54, 1.807) is 6.07 Å². The van der Waals surface area contributed by atoms with E-state index in [2.05, 4.69) is 31.0 Å². The number of hydrogen-bond acceptors (Lipinski definition) is 1. The van der Waals surface area contributed by atoms with Gasteiger partial charge in [0.15, 0.2) is 0 Å². The van der Waals surface area contributed by atoms with Crippen molar-refractivity contribution >= 4 is 22.5 Å². The molecule has 0 aliphatic carbocycles. The molecule has 0 amide bonds. The van der Waals surface area contributed by atoms with Gasteiger partial charge in [0.2, 0.25) is 0 Å². The Hall–Kier alpha value is -1.84. The van der Waals surface area contributed by atoms with Gasteiger partial charge in [0.1, 0.15) is 5.82 Å². The van der Waals surface area contributed by atoms with Gasteiger partial charge in [-0.3, -0.25) is 0 Å².